The van der Waals surface area contributed by atoms with Crippen molar-refractivity contribution in [3.63, 3.8) is 0 Å². The van der Waals surface area contributed by atoms with E-state index in [2.05, 4.69) is 27.4 Å². The van der Waals surface area contributed by atoms with Gasteiger partial charge in [-0.05, 0) is 29.7 Å². The highest BCUT2D eigenvalue weighted by atomic mass is 16.2. The Kier molecular flexibility index (Phi) is 5.61. The molecule has 2 aromatic rings. The van der Waals surface area contributed by atoms with Crippen molar-refractivity contribution in [1.82, 2.24) is 15.2 Å². The molecule has 0 aliphatic carbocycles. The van der Waals surface area contributed by atoms with Crippen molar-refractivity contribution in [2.75, 3.05) is 19.6 Å². The second kappa shape index (κ2) is 8.28. The highest BCUT2D eigenvalue weighted by molar-refractivity contribution is 5.84. The number of pyridine rings is 1. The van der Waals surface area contributed by atoms with Gasteiger partial charge in [-0.25, -0.2) is 4.99 Å². The van der Waals surface area contributed by atoms with Gasteiger partial charge in [0.2, 0.25) is 5.91 Å². The Bertz CT molecular complexity index is 744. The highest BCUT2D eigenvalue weighted by Gasteiger charge is 2.19. The van der Waals surface area contributed by atoms with E-state index in [1.165, 1.54) is 11.1 Å². The fourth-order valence-corrected chi connectivity index (χ4v) is 2.88. The lowest BCUT2D eigenvalue weighted by Crippen LogP contribution is -2.39. The summed E-state index contributed by atoms with van der Waals surface area (Å²) in [5.41, 5.74) is 9.37. The number of rotatable bonds is 5. The fourth-order valence-electron chi connectivity index (χ4n) is 2.88. The molecular formula is C19H23N5O. The molecule has 0 radical (unpaired) electrons. The summed E-state index contributed by atoms with van der Waals surface area (Å²) in [5, 5.41) is 3.02. The molecular weight excluding hydrogens is 314 g/mol. The SMILES string of the molecule is NC(=NCC(=O)N1CCc2ccccc2C1)NCCc1ccccn1. The molecule has 0 unspecified atom stereocenters. The average molecular weight is 337 g/mol. The molecule has 3 N–H and O–H groups in total. The molecule has 1 aromatic heterocycles. The van der Waals surface area contributed by atoms with Crippen LogP contribution in [0.3, 0.4) is 0 Å². The van der Waals surface area contributed by atoms with E-state index >= 15 is 0 Å². The van der Waals surface area contributed by atoms with E-state index in [-0.39, 0.29) is 12.5 Å². The van der Waals surface area contributed by atoms with Gasteiger partial charge in [0.25, 0.3) is 0 Å². The predicted octanol–water partition coefficient (Wildman–Crippen LogP) is 1.11. The number of fused-ring (bicyclic) bond motifs is 1. The van der Waals surface area contributed by atoms with E-state index in [9.17, 15) is 4.79 Å². The van der Waals surface area contributed by atoms with Gasteiger partial charge in [-0.1, -0.05) is 30.3 Å². The van der Waals surface area contributed by atoms with Gasteiger partial charge in [0.05, 0.1) is 0 Å². The number of aliphatic imine (C=N–C) groups is 1. The zero-order valence-corrected chi connectivity index (χ0v) is 14.2. The van der Waals surface area contributed by atoms with Crippen LogP contribution in [0.2, 0.25) is 0 Å². The number of hydrogen-bond acceptors (Lipinski definition) is 3. The first-order valence-electron chi connectivity index (χ1n) is 8.50. The Hall–Kier alpha value is -2.89. The van der Waals surface area contributed by atoms with Crippen LogP contribution >= 0.6 is 0 Å². The van der Waals surface area contributed by atoms with Crippen LogP contribution in [0.25, 0.3) is 0 Å². The van der Waals surface area contributed by atoms with Crippen molar-refractivity contribution in [3.8, 4) is 0 Å². The lowest BCUT2D eigenvalue weighted by molar-refractivity contribution is -0.130. The predicted molar refractivity (Wildman–Crippen MR) is 98.0 cm³/mol. The Balaban J connectivity index is 1.44. The molecule has 0 bridgehead atoms. The molecule has 2 heterocycles. The Morgan fingerprint density at radius 1 is 1.20 bits per heavy atom. The minimum absolute atomic E-state index is 0.00368. The Morgan fingerprint density at radius 2 is 2.00 bits per heavy atom. The number of benzene rings is 1. The van der Waals surface area contributed by atoms with Gasteiger partial charge in [-0.15, -0.1) is 0 Å². The van der Waals surface area contributed by atoms with Crippen LogP contribution in [0, 0.1) is 0 Å². The van der Waals surface area contributed by atoms with Crippen LogP contribution < -0.4 is 11.1 Å². The molecule has 3 rings (SSSR count). The van der Waals surface area contributed by atoms with Gasteiger partial charge in [0.1, 0.15) is 6.54 Å². The standard InChI is InChI=1S/C19H23N5O/c20-19(22-11-8-17-7-3-4-10-21-17)23-13-18(25)24-12-9-15-5-1-2-6-16(15)14-24/h1-7,10H,8-9,11-14H2,(H3,20,22,23). The maximum Gasteiger partial charge on any atom is 0.244 e. The van der Waals surface area contributed by atoms with Gasteiger partial charge in [-0.2, -0.15) is 0 Å². The van der Waals surface area contributed by atoms with Crippen molar-refractivity contribution in [2.45, 2.75) is 19.4 Å². The summed E-state index contributed by atoms with van der Waals surface area (Å²) in [4.78, 5) is 22.6. The highest BCUT2D eigenvalue weighted by Crippen LogP contribution is 2.18. The maximum atomic E-state index is 12.3. The summed E-state index contributed by atoms with van der Waals surface area (Å²) in [5.74, 6) is 0.297. The molecule has 0 saturated carbocycles. The lowest BCUT2D eigenvalue weighted by Gasteiger charge is -2.28. The second-order valence-electron chi connectivity index (χ2n) is 6.03. The minimum Gasteiger partial charge on any atom is -0.370 e. The number of carbonyl (C=O) groups excluding carboxylic acids is 1. The summed E-state index contributed by atoms with van der Waals surface area (Å²) in [6.07, 6.45) is 3.42. The largest absolute Gasteiger partial charge is 0.370 e. The number of nitrogens with two attached hydrogens (primary N) is 1. The van der Waals surface area contributed by atoms with Crippen molar-refractivity contribution in [2.24, 2.45) is 10.7 Å². The van der Waals surface area contributed by atoms with Gasteiger partial charge in [-0.3, -0.25) is 9.78 Å². The number of nitrogens with zero attached hydrogens (tertiary/aromatic N) is 3. The van der Waals surface area contributed by atoms with Gasteiger partial charge in [0, 0.05) is 37.9 Å². The number of carbonyl (C=O) groups is 1. The third-order valence-electron chi connectivity index (χ3n) is 4.28. The van der Waals surface area contributed by atoms with Crippen LogP contribution in [0.15, 0.2) is 53.7 Å². The second-order valence-corrected chi connectivity index (χ2v) is 6.03. The smallest absolute Gasteiger partial charge is 0.244 e. The summed E-state index contributed by atoms with van der Waals surface area (Å²) in [7, 11) is 0. The third kappa shape index (κ3) is 4.79. The molecule has 25 heavy (non-hydrogen) atoms. The fraction of sp³-hybridized carbons (Fsp3) is 0.316. The van der Waals surface area contributed by atoms with E-state index in [0.717, 1.165) is 25.1 Å². The van der Waals surface area contributed by atoms with Crippen LogP contribution in [0.4, 0.5) is 0 Å². The van der Waals surface area contributed by atoms with Crippen molar-refractivity contribution < 1.29 is 4.79 Å². The summed E-state index contributed by atoms with van der Waals surface area (Å²) >= 11 is 0. The average Bonchev–Trinajstić information content (AvgIpc) is 2.66. The van der Waals surface area contributed by atoms with Gasteiger partial charge >= 0.3 is 0 Å². The van der Waals surface area contributed by atoms with Crippen LogP contribution in [-0.4, -0.2) is 41.4 Å². The molecule has 1 aliphatic rings. The van der Waals surface area contributed by atoms with E-state index in [4.69, 9.17) is 5.73 Å². The van der Waals surface area contributed by atoms with E-state index in [1.54, 1.807) is 6.20 Å². The zero-order chi connectivity index (χ0) is 17.5. The zero-order valence-electron chi connectivity index (χ0n) is 14.2. The van der Waals surface area contributed by atoms with Crippen molar-refractivity contribution in [1.29, 1.82) is 0 Å². The van der Waals surface area contributed by atoms with Gasteiger partial charge in [0.15, 0.2) is 5.96 Å². The van der Waals surface area contributed by atoms with Crippen LogP contribution in [0.5, 0.6) is 0 Å². The topological polar surface area (TPSA) is 83.6 Å². The third-order valence-corrected chi connectivity index (χ3v) is 4.28. The monoisotopic (exact) mass is 337 g/mol. The molecule has 6 nitrogen and oxygen atoms in total. The first kappa shape index (κ1) is 17.0. The first-order valence-corrected chi connectivity index (χ1v) is 8.50. The van der Waals surface area contributed by atoms with Crippen LogP contribution in [-0.2, 0) is 24.2 Å². The number of nitrogens with one attached hydrogen (secondary N) is 1. The van der Waals surface area contributed by atoms with Crippen molar-refractivity contribution >= 4 is 11.9 Å². The molecule has 1 aliphatic heterocycles. The summed E-state index contributed by atoms with van der Waals surface area (Å²) in [6.45, 7) is 2.10. The molecule has 130 valence electrons. The Labute approximate surface area is 147 Å². The number of amides is 1. The van der Waals surface area contributed by atoms with Crippen LogP contribution in [0.1, 0.15) is 16.8 Å². The molecule has 6 heteroatoms. The van der Waals surface area contributed by atoms with E-state index < -0.39 is 0 Å². The lowest BCUT2D eigenvalue weighted by atomic mass is 10.00. The van der Waals surface area contributed by atoms with Crippen molar-refractivity contribution in [3.05, 3.63) is 65.5 Å². The van der Waals surface area contributed by atoms with Gasteiger partial charge < -0.3 is 16.0 Å². The van der Waals surface area contributed by atoms with E-state index in [0.29, 0.717) is 19.0 Å². The Morgan fingerprint density at radius 3 is 2.80 bits per heavy atom. The molecule has 0 saturated heterocycles. The minimum atomic E-state index is 0.00368. The normalized spacial score (nSPS) is 14.1. The quantitative estimate of drug-likeness (QED) is 0.632. The van der Waals surface area contributed by atoms with E-state index in [1.807, 2.05) is 35.2 Å². The molecule has 0 atom stereocenters. The number of guanidine groups is 1. The number of aromatic nitrogens is 1. The maximum absolute atomic E-state index is 12.3. The summed E-state index contributed by atoms with van der Waals surface area (Å²) < 4.78 is 0. The molecule has 1 amide bonds. The first-order chi connectivity index (χ1) is 12.2. The molecule has 1 aromatic carbocycles. The molecule has 0 fully saturated rings. The molecule has 0 spiro atoms. The number of hydrogen-bond donors (Lipinski definition) is 2. The summed E-state index contributed by atoms with van der Waals surface area (Å²) in [6, 6.07) is 14.1.